The lowest BCUT2D eigenvalue weighted by Crippen LogP contribution is -2.43. The normalized spacial score (nSPS) is 14.1. The molecule has 1 aromatic heterocycles. The van der Waals surface area contributed by atoms with Crippen molar-refractivity contribution in [3.05, 3.63) is 52.0 Å². The number of aromatic nitrogens is 1. The van der Waals surface area contributed by atoms with Crippen LogP contribution in [0, 0.1) is 11.6 Å². The molecule has 0 radical (unpaired) electrons. The van der Waals surface area contributed by atoms with Crippen molar-refractivity contribution < 1.29 is 13.9 Å². The van der Waals surface area contributed by atoms with E-state index in [1.807, 2.05) is 5.38 Å². The van der Waals surface area contributed by atoms with Gasteiger partial charge in [-0.15, -0.1) is 11.3 Å². The van der Waals surface area contributed by atoms with E-state index in [2.05, 4.69) is 10.3 Å². The summed E-state index contributed by atoms with van der Waals surface area (Å²) in [6.45, 7) is 0.842. The predicted molar refractivity (Wildman–Crippen MR) is 77.9 cm³/mol. The van der Waals surface area contributed by atoms with Crippen LogP contribution in [-0.4, -0.2) is 28.8 Å². The molecule has 0 aliphatic carbocycles. The molecule has 7 heteroatoms. The fraction of sp³-hybridized carbons (Fsp3) is 0.357. The fourth-order valence-electron chi connectivity index (χ4n) is 1.96. The van der Waals surface area contributed by atoms with Gasteiger partial charge in [0, 0.05) is 36.8 Å². The lowest BCUT2D eigenvalue weighted by atomic mass is 10.0. The minimum absolute atomic E-state index is 0.203. The lowest BCUT2D eigenvalue weighted by Gasteiger charge is -2.19. The molecule has 0 saturated carbocycles. The monoisotopic (exact) mass is 313 g/mol. The van der Waals surface area contributed by atoms with Crippen molar-refractivity contribution in [1.29, 1.82) is 0 Å². The molecule has 2 atom stereocenters. The summed E-state index contributed by atoms with van der Waals surface area (Å²) in [5, 5.41) is 15.8. The molecule has 0 aliphatic heterocycles. The predicted octanol–water partition coefficient (Wildman–Crippen LogP) is 1.44. The van der Waals surface area contributed by atoms with Crippen LogP contribution in [0.5, 0.6) is 0 Å². The zero-order valence-electron chi connectivity index (χ0n) is 11.3. The highest BCUT2D eigenvalue weighted by atomic mass is 32.1. The standard InChI is InChI=1S/C14H17F2N3OS/c15-10-3-9(4-11(16)6-10)5-12(17)13(20)7-18-8-14-19-1-2-21-14/h1-4,6,12-13,18,20H,5,7-8,17H2/t12-,13+/m0/s1. The van der Waals surface area contributed by atoms with Crippen LogP contribution in [0.2, 0.25) is 0 Å². The molecule has 0 spiro atoms. The van der Waals surface area contributed by atoms with Crippen molar-refractivity contribution in [2.75, 3.05) is 6.54 Å². The van der Waals surface area contributed by atoms with Gasteiger partial charge in [0.25, 0.3) is 0 Å². The van der Waals surface area contributed by atoms with Gasteiger partial charge in [-0.1, -0.05) is 0 Å². The third-order valence-electron chi connectivity index (χ3n) is 3.00. The SMILES string of the molecule is N[C@@H](Cc1cc(F)cc(F)c1)[C@H](O)CNCc1nccs1. The maximum Gasteiger partial charge on any atom is 0.126 e. The van der Waals surface area contributed by atoms with Crippen molar-refractivity contribution >= 4 is 11.3 Å². The molecule has 0 saturated heterocycles. The summed E-state index contributed by atoms with van der Waals surface area (Å²) >= 11 is 1.52. The maximum atomic E-state index is 13.1. The first-order chi connectivity index (χ1) is 10.0. The van der Waals surface area contributed by atoms with Crippen LogP contribution in [0.3, 0.4) is 0 Å². The lowest BCUT2D eigenvalue weighted by molar-refractivity contribution is 0.141. The molecule has 21 heavy (non-hydrogen) atoms. The van der Waals surface area contributed by atoms with E-state index in [0.717, 1.165) is 11.1 Å². The van der Waals surface area contributed by atoms with E-state index in [1.54, 1.807) is 6.20 Å². The van der Waals surface area contributed by atoms with Gasteiger partial charge in [0.2, 0.25) is 0 Å². The van der Waals surface area contributed by atoms with Gasteiger partial charge in [0.15, 0.2) is 0 Å². The van der Waals surface area contributed by atoms with Gasteiger partial charge < -0.3 is 16.2 Å². The average Bonchev–Trinajstić information content (AvgIpc) is 2.90. The van der Waals surface area contributed by atoms with Crippen LogP contribution in [0.15, 0.2) is 29.8 Å². The maximum absolute atomic E-state index is 13.1. The van der Waals surface area contributed by atoms with E-state index in [0.29, 0.717) is 18.7 Å². The minimum atomic E-state index is -0.809. The van der Waals surface area contributed by atoms with E-state index < -0.39 is 23.8 Å². The summed E-state index contributed by atoms with van der Waals surface area (Å²) in [6, 6.07) is 2.65. The molecular weight excluding hydrogens is 296 g/mol. The Labute approximate surface area is 125 Å². The smallest absolute Gasteiger partial charge is 0.126 e. The molecule has 0 fully saturated rings. The van der Waals surface area contributed by atoms with E-state index in [-0.39, 0.29) is 6.42 Å². The van der Waals surface area contributed by atoms with Gasteiger partial charge in [0.05, 0.1) is 6.10 Å². The average molecular weight is 313 g/mol. The van der Waals surface area contributed by atoms with Gasteiger partial charge in [-0.2, -0.15) is 0 Å². The molecule has 114 valence electrons. The van der Waals surface area contributed by atoms with Gasteiger partial charge in [-0.25, -0.2) is 13.8 Å². The highest BCUT2D eigenvalue weighted by molar-refractivity contribution is 7.09. The van der Waals surface area contributed by atoms with Gasteiger partial charge in [-0.05, 0) is 24.1 Å². The summed E-state index contributed by atoms with van der Waals surface area (Å²) in [5.41, 5.74) is 6.29. The number of halogens is 2. The number of hydrogen-bond acceptors (Lipinski definition) is 5. The summed E-state index contributed by atoms with van der Waals surface area (Å²) in [5.74, 6) is -1.29. The Morgan fingerprint density at radius 2 is 2.00 bits per heavy atom. The van der Waals surface area contributed by atoms with Gasteiger partial charge in [-0.3, -0.25) is 0 Å². The van der Waals surface area contributed by atoms with Crippen molar-refractivity contribution in [2.24, 2.45) is 5.73 Å². The molecule has 4 N–H and O–H groups in total. The molecule has 0 bridgehead atoms. The third kappa shape index (κ3) is 5.13. The zero-order chi connectivity index (χ0) is 15.2. The Balaban J connectivity index is 1.80. The van der Waals surface area contributed by atoms with Crippen molar-refractivity contribution in [3.63, 3.8) is 0 Å². The largest absolute Gasteiger partial charge is 0.390 e. The van der Waals surface area contributed by atoms with E-state index in [9.17, 15) is 13.9 Å². The minimum Gasteiger partial charge on any atom is -0.390 e. The van der Waals surface area contributed by atoms with Gasteiger partial charge in [0.1, 0.15) is 16.6 Å². The highest BCUT2D eigenvalue weighted by Crippen LogP contribution is 2.11. The van der Waals surface area contributed by atoms with E-state index in [1.165, 1.54) is 23.5 Å². The first-order valence-electron chi connectivity index (χ1n) is 6.52. The van der Waals surface area contributed by atoms with Crippen LogP contribution < -0.4 is 11.1 Å². The van der Waals surface area contributed by atoms with Crippen LogP contribution in [0.1, 0.15) is 10.6 Å². The molecule has 0 aliphatic rings. The quantitative estimate of drug-likeness (QED) is 0.723. The van der Waals surface area contributed by atoms with Crippen LogP contribution in [-0.2, 0) is 13.0 Å². The van der Waals surface area contributed by atoms with E-state index >= 15 is 0 Å². The number of nitrogens with zero attached hydrogens (tertiary/aromatic N) is 1. The molecule has 4 nitrogen and oxygen atoms in total. The second-order valence-corrected chi connectivity index (χ2v) is 5.75. The summed E-state index contributed by atoms with van der Waals surface area (Å²) in [6.07, 6.45) is 1.10. The van der Waals surface area contributed by atoms with Crippen LogP contribution >= 0.6 is 11.3 Å². The third-order valence-corrected chi connectivity index (χ3v) is 3.78. The number of nitrogens with two attached hydrogens (primary N) is 1. The molecule has 0 amide bonds. The van der Waals surface area contributed by atoms with Crippen molar-refractivity contribution in [2.45, 2.75) is 25.1 Å². The van der Waals surface area contributed by atoms with Crippen LogP contribution in [0.4, 0.5) is 8.78 Å². The van der Waals surface area contributed by atoms with Crippen molar-refractivity contribution in [1.82, 2.24) is 10.3 Å². The van der Waals surface area contributed by atoms with Crippen LogP contribution in [0.25, 0.3) is 0 Å². The van der Waals surface area contributed by atoms with Gasteiger partial charge >= 0.3 is 0 Å². The number of rotatable bonds is 7. The number of aliphatic hydroxyl groups excluding tert-OH is 1. The Bertz CT molecular complexity index is 545. The number of thiazole rings is 1. The first kappa shape index (κ1) is 16.0. The Morgan fingerprint density at radius 1 is 1.29 bits per heavy atom. The number of aliphatic hydroxyl groups is 1. The van der Waals surface area contributed by atoms with E-state index in [4.69, 9.17) is 5.73 Å². The Kier molecular flexibility index (Phi) is 5.75. The molecule has 1 heterocycles. The number of nitrogens with one attached hydrogen (secondary N) is 1. The second-order valence-electron chi connectivity index (χ2n) is 4.77. The molecule has 0 unspecified atom stereocenters. The molecular formula is C14H17F2N3OS. The topological polar surface area (TPSA) is 71.2 Å². The Morgan fingerprint density at radius 3 is 2.62 bits per heavy atom. The highest BCUT2D eigenvalue weighted by Gasteiger charge is 2.16. The fourth-order valence-corrected chi connectivity index (χ4v) is 2.54. The van der Waals surface area contributed by atoms with Crippen molar-refractivity contribution in [3.8, 4) is 0 Å². The molecule has 1 aromatic carbocycles. The second kappa shape index (κ2) is 7.56. The summed E-state index contributed by atoms with van der Waals surface area (Å²) < 4.78 is 26.2. The number of hydrogen-bond donors (Lipinski definition) is 3. The Hall–Kier alpha value is -1.41. The zero-order valence-corrected chi connectivity index (χ0v) is 12.1. The number of benzene rings is 1. The molecule has 2 rings (SSSR count). The summed E-state index contributed by atoms with van der Waals surface area (Å²) in [4.78, 5) is 4.10. The first-order valence-corrected chi connectivity index (χ1v) is 7.40. The molecule has 2 aromatic rings. The summed E-state index contributed by atoms with van der Waals surface area (Å²) in [7, 11) is 0.